The van der Waals surface area contributed by atoms with E-state index in [1.807, 2.05) is 0 Å². The molecule has 1 aliphatic rings. The van der Waals surface area contributed by atoms with Crippen LogP contribution >= 0.6 is 0 Å². The third-order valence-electron chi connectivity index (χ3n) is 5.44. The van der Waals surface area contributed by atoms with E-state index in [0.29, 0.717) is 22.5 Å². The first-order valence-corrected chi connectivity index (χ1v) is 11.1. The second-order valence-corrected chi connectivity index (χ2v) is 8.00. The Labute approximate surface area is 211 Å². The molecule has 2 N–H and O–H groups in total. The summed E-state index contributed by atoms with van der Waals surface area (Å²) in [5, 5.41) is 4.77. The van der Waals surface area contributed by atoms with Gasteiger partial charge in [-0.2, -0.15) is 0 Å². The number of nitrogens with zero attached hydrogens (tertiary/aromatic N) is 1. The van der Waals surface area contributed by atoms with E-state index in [1.165, 1.54) is 49.6 Å². The van der Waals surface area contributed by atoms with Gasteiger partial charge in [0.05, 0.1) is 12.8 Å². The number of hydrogen-bond acceptors (Lipinski definition) is 6. The molecule has 9 nitrogen and oxygen atoms in total. The average Bonchev–Trinajstić information content (AvgIpc) is 2.88. The fraction of sp³-hybridized carbons (Fsp3) is 0.111. The van der Waals surface area contributed by atoms with Crippen molar-refractivity contribution in [2.24, 2.45) is 0 Å². The predicted octanol–water partition coefficient (Wildman–Crippen LogP) is 3.83. The summed E-state index contributed by atoms with van der Waals surface area (Å²) in [4.78, 5) is 51.1. The average molecular weight is 503 g/mol. The maximum absolute atomic E-state index is 13.1. The highest BCUT2D eigenvalue weighted by atomic mass is 19.1. The summed E-state index contributed by atoms with van der Waals surface area (Å²) < 4.78 is 23.9. The van der Waals surface area contributed by atoms with Gasteiger partial charge in [-0.3, -0.25) is 19.7 Å². The summed E-state index contributed by atoms with van der Waals surface area (Å²) in [6.45, 7) is 1.40. The quantitative estimate of drug-likeness (QED) is 0.374. The lowest BCUT2D eigenvalue weighted by molar-refractivity contribution is -0.122. The first kappa shape index (κ1) is 25.1. The molecule has 3 aromatic carbocycles. The SMILES string of the molecule is COc1cc(/C=C2\C(=O)NC(=O)N(c3ccccc3C)C2=O)ccc1OCC(=O)Nc1ccc(F)cc1. The van der Waals surface area contributed by atoms with Crippen molar-refractivity contribution in [2.75, 3.05) is 23.9 Å². The molecule has 0 unspecified atom stereocenters. The summed E-state index contributed by atoms with van der Waals surface area (Å²) in [5.74, 6) is -1.98. The Morgan fingerprint density at radius 3 is 2.46 bits per heavy atom. The van der Waals surface area contributed by atoms with Crippen LogP contribution < -0.4 is 25.0 Å². The molecule has 4 rings (SSSR count). The van der Waals surface area contributed by atoms with Crippen LogP contribution in [0.15, 0.2) is 72.3 Å². The van der Waals surface area contributed by atoms with Crippen LogP contribution in [0, 0.1) is 12.7 Å². The zero-order valence-electron chi connectivity index (χ0n) is 19.9. The number of carbonyl (C=O) groups excluding carboxylic acids is 4. The van der Waals surface area contributed by atoms with Gasteiger partial charge < -0.3 is 14.8 Å². The Morgan fingerprint density at radius 1 is 1.03 bits per heavy atom. The summed E-state index contributed by atoms with van der Waals surface area (Å²) >= 11 is 0. The van der Waals surface area contributed by atoms with Crippen LogP contribution in [-0.2, 0) is 14.4 Å². The fourth-order valence-electron chi connectivity index (χ4n) is 3.62. The van der Waals surface area contributed by atoms with E-state index in [2.05, 4.69) is 10.6 Å². The highest BCUT2D eigenvalue weighted by molar-refractivity contribution is 6.39. The lowest BCUT2D eigenvalue weighted by Crippen LogP contribution is -2.54. The molecule has 0 saturated carbocycles. The first-order chi connectivity index (χ1) is 17.8. The van der Waals surface area contributed by atoms with Gasteiger partial charge >= 0.3 is 6.03 Å². The lowest BCUT2D eigenvalue weighted by Gasteiger charge is -2.27. The molecule has 5 amide bonds. The van der Waals surface area contributed by atoms with Gasteiger partial charge in [0.2, 0.25) is 0 Å². The molecule has 1 heterocycles. The standard InChI is InChI=1S/C27H22FN3O6/c1-16-5-3-4-6-21(16)31-26(34)20(25(33)30-27(31)35)13-17-7-12-22(23(14-17)36-2)37-15-24(32)29-19-10-8-18(28)9-11-19/h3-14H,15H2,1-2H3,(H,29,32)(H,30,33,35)/b20-13+. The number of hydrogen-bond donors (Lipinski definition) is 2. The van der Waals surface area contributed by atoms with Crippen molar-refractivity contribution in [3.63, 3.8) is 0 Å². The van der Waals surface area contributed by atoms with Gasteiger partial charge in [0.25, 0.3) is 17.7 Å². The number of carbonyl (C=O) groups is 4. The van der Waals surface area contributed by atoms with Crippen LogP contribution in [0.4, 0.5) is 20.6 Å². The second-order valence-electron chi connectivity index (χ2n) is 8.00. The summed E-state index contributed by atoms with van der Waals surface area (Å²) in [5.41, 5.74) is 1.65. The molecule has 0 spiro atoms. The third kappa shape index (κ3) is 5.64. The number of barbiturate groups is 1. The second kappa shape index (κ2) is 10.7. The number of halogens is 1. The monoisotopic (exact) mass is 503 g/mol. The lowest BCUT2D eigenvalue weighted by atomic mass is 10.1. The number of ether oxygens (including phenoxy) is 2. The van der Waals surface area contributed by atoms with Gasteiger partial charge in [0.15, 0.2) is 18.1 Å². The number of nitrogens with one attached hydrogen (secondary N) is 2. The molecular formula is C27H22FN3O6. The van der Waals surface area contributed by atoms with E-state index in [4.69, 9.17) is 9.47 Å². The maximum atomic E-state index is 13.1. The number of rotatable bonds is 7. The molecule has 0 aromatic heterocycles. The first-order valence-electron chi connectivity index (χ1n) is 11.1. The van der Waals surface area contributed by atoms with E-state index in [1.54, 1.807) is 37.3 Å². The zero-order chi connectivity index (χ0) is 26.5. The third-order valence-corrected chi connectivity index (χ3v) is 5.44. The molecule has 188 valence electrons. The number of methoxy groups -OCH3 is 1. The molecule has 10 heteroatoms. The van der Waals surface area contributed by atoms with Gasteiger partial charge in [-0.15, -0.1) is 0 Å². The van der Waals surface area contributed by atoms with Crippen molar-refractivity contribution in [3.8, 4) is 11.5 Å². The summed E-state index contributed by atoms with van der Waals surface area (Å²) in [6.07, 6.45) is 1.34. The number of imide groups is 2. The van der Waals surface area contributed by atoms with Crippen LogP contribution in [-0.4, -0.2) is 37.5 Å². The van der Waals surface area contributed by atoms with Gasteiger partial charge in [0.1, 0.15) is 11.4 Å². The van der Waals surface area contributed by atoms with Gasteiger partial charge in [-0.1, -0.05) is 24.3 Å². The van der Waals surface area contributed by atoms with Crippen molar-refractivity contribution in [1.82, 2.24) is 5.32 Å². The van der Waals surface area contributed by atoms with Gasteiger partial charge in [-0.25, -0.2) is 14.1 Å². The number of aryl methyl sites for hydroxylation is 1. The molecule has 0 atom stereocenters. The summed E-state index contributed by atoms with van der Waals surface area (Å²) in [7, 11) is 1.40. The van der Waals surface area contributed by atoms with Gasteiger partial charge in [-0.05, 0) is 66.6 Å². The van der Waals surface area contributed by atoms with E-state index < -0.39 is 29.6 Å². The molecular weight excluding hydrogens is 481 g/mol. The Kier molecular flexibility index (Phi) is 7.28. The van der Waals surface area contributed by atoms with E-state index in [9.17, 15) is 23.6 Å². The number of benzene rings is 3. The minimum Gasteiger partial charge on any atom is -0.493 e. The van der Waals surface area contributed by atoms with Crippen LogP contribution in [0.1, 0.15) is 11.1 Å². The smallest absolute Gasteiger partial charge is 0.335 e. The highest BCUT2D eigenvalue weighted by Gasteiger charge is 2.37. The minimum absolute atomic E-state index is 0.239. The molecule has 0 bridgehead atoms. The molecule has 37 heavy (non-hydrogen) atoms. The van der Waals surface area contributed by atoms with Crippen molar-refractivity contribution >= 4 is 41.2 Å². The Morgan fingerprint density at radius 2 is 1.76 bits per heavy atom. The Hall–Kier alpha value is -4.99. The zero-order valence-corrected chi connectivity index (χ0v) is 19.9. The minimum atomic E-state index is -0.832. The van der Waals surface area contributed by atoms with Crippen LogP contribution in [0.3, 0.4) is 0 Å². The largest absolute Gasteiger partial charge is 0.493 e. The fourth-order valence-corrected chi connectivity index (χ4v) is 3.62. The number of para-hydroxylation sites is 1. The summed E-state index contributed by atoms with van der Waals surface area (Å²) in [6, 6.07) is 15.9. The highest BCUT2D eigenvalue weighted by Crippen LogP contribution is 2.30. The normalized spacial score (nSPS) is 14.4. The van der Waals surface area contributed by atoms with E-state index in [0.717, 1.165) is 4.90 Å². The molecule has 1 fully saturated rings. The number of amides is 5. The number of anilines is 2. The van der Waals surface area contributed by atoms with Crippen LogP contribution in [0.25, 0.3) is 6.08 Å². The maximum Gasteiger partial charge on any atom is 0.335 e. The van der Waals surface area contributed by atoms with Crippen molar-refractivity contribution in [2.45, 2.75) is 6.92 Å². The van der Waals surface area contributed by atoms with Crippen LogP contribution in [0.2, 0.25) is 0 Å². The Bertz CT molecular complexity index is 1420. The van der Waals surface area contributed by atoms with Crippen LogP contribution in [0.5, 0.6) is 11.5 Å². The molecule has 1 aliphatic heterocycles. The van der Waals surface area contributed by atoms with Crippen molar-refractivity contribution in [1.29, 1.82) is 0 Å². The molecule has 0 radical (unpaired) electrons. The number of urea groups is 1. The van der Waals surface area contributed by atoms with Gasteiger partial charge in [0, 0.05) is 5.69 Å². The topological polar surface area (TPSA) is 114 Å². The van der Waals surface area contributed by atoms with Crippen molar-refractivity contribution in [3.05, 3.63) is 89.2 Å². The molecule has 0 aliphatic carbocycles. The Balaban J connectivity index is 1.51. The molecule has 1 saturated heterocycles. The van der Waals surface area contributed by atoms with E-state index in [-0.39, 0.29) is 23.7 Å². The predicted molar refractivity (Wildman–Crippen MR) is 134 cm³/mol. The van der Waals surface area contributed by atoms with E-state index >= 15 is 0 Å². The van der Waals surface area contributed by atoms with Crippen molar-refractivity contribution < 1.29 is 33.0 Å². The molecule has 3 aromatic rings.